The molecule has 1 amide bonds. The fourth-order valence-electron chi connectivity index (χ4n) is 2.52. The largest absolute Gasteiger partial charge is 0.478 e. The highest BCUT2D eigenvalue weighted by Crippen LogP contribution is 2.30. The van der Waals surface area contributed by atoms with Gasteiger partial charge >= 0.3 is 5.97 Å². The van der Waals surface area contributed by atoms with Crippen molar-refractivity contribution in [3.05, 3.63) is 28.2 Å². The van der Waals surface area contributed by atoms with Gasteiger partial charge < -0.3 is 15.7 Å². The normalized spacial score (nSPS) is 21.7. The summed E-state index contributed by atoms with van der Waals surface area (Å²) >= 11 is 3.29. The highest BCUT2D eigenvalue weighted by Gasteiger charge is 2.39. The van der Waals surface area contributed by atoms with Crippen LogP contribution in [0.1, 0.15) is 36.5 Å². The number of nitrogens with one attached hydrogen (secondary N) is 2. The summed E-state index contributed by atoms with van der Waals surface area (Å²) in [4.78, 5) is 23.7. The summed E-state index contributed by atoms with van der Waals surface area (Å²) in [7, 11) is 0. The number of rotatable bonds is 4. The van der Waals surface area contributed by atoms with Gasteiger partial charge in [0.1, 0.15) is 0 Å². The van der Waals surface area contributed by atoms with E-state index in [2.05, 4.69) is 26.6 Å². The van der Waals surface area contributed by atoms with Crippen LogP contribution in [0, 0.1) is 0 Å². The molecule has 1 saturated heterocycles. The van der Waals surface area contributed by atoms with Gasteiger partial charge in [-0.25, -0.2) is 4.79 Å². The number of halogens is 1. The van der Waals surface area contributed by atoms with Gasteiger partial charge in [0.25, 0.3) is 0 Å². The lowest BCUT2D eigenvalue weighted by Gasteiger charge is -2.27. The molecule has 6 heteroatoms. The smallest absolute Gasteiger partial charge is 0.337 e. The minimum Gasteiger partial charge on any atom is -0.478 e. The highest BCUT2D eigenvalue weighted by atomic mass is 79.9. The first-order valence-corrected chi connectivity index (χ1v) is 7.38. The molecule has 1 atom stereocenters. The van der Waals surface area contributed by atoms with Crippen molar-refractivity contribution in [1.82, 2.24) is 5.32 Å². The first-order valence-electron chi connectivity index (χ1n) is 6.58. The number of para-hydroxylation sites is 1. The molecular formula is C14H17BrN2O3. The lowest BCUT2D eigenvalue weighted by molar-refractivity contribution is -0.122. The Morgan fingerprint density at radius 1 is 1.50 bits per heavy atom. The Balaban J connectivity index is 2.30. The van der Waals surface area contributed by atoms with E-state index in [4.69, 9.17) is 0 Å². The molecule has 1 aliphatic rings. The third kappa shape index (κ3) is 2.71. The topological polar surface area (TPSA) is 78.4 Å². The van der Waals surface area contributed by atoms with Crippen LogP contribution in [0.15, 0.2) is 22.7 Å². The van der Waals surface area contributed by atoms with E-state index in [-0.39, 0.29) is 11.5 Å². The standard InChI is InChI=1S/C14H17BrN2O3/c1-2-14(7-4-8-16-14)13(20)17-11-9(12(18)19)5-3-6-10(11)15/h3,5-6,16H,2,4,7-8H2,1H3,(H,17,20)(H,18,19). The summed E-state index contributed by atoms with van der Waals surface area (Å²) in [5.41, 5.74) is -0.200. The van der Waals surface area contributed by atoms with Gasteiger partial charge in [0, 0.05) is 4.47 Å². The molecule has 20 heavy (non-hydrogen) atoms. The predicted octanol–water partition coefficient (Wildman–Crippen LogP) is 2.62. The zero-order valence-electron chi connectivity index (χ0n) is 11.2. The quantitative estimate of drug-likeness (QED) is 0.787. The molecule has 3 N–H and O–H groups in total. The number of carbonyl (C=O) groups is 2. The van der Waals surface area contributed by atoms with Crippen LogP contribution in [-0.4, -0.2) is 29.1 Å². The van der Waals surface area contributed by atoms with E-state index in [1.807, 2.05) is 6.92 Å². The first-order chi connectivity index (χ1) is 9.50. The summed E-state index contributed by atoms with van der Waals surface area (Å²) in [6.07, 6.45) is 2.39. The second-order valence-electron chi connectivity index (χ2n) is 4.89. The summed E-state index contributed by atoms with van der Waals surface area (Å²) in [6, 6.07) is 4.82. The number of anilines is 1. The Kier molecular flexibility index (Phi) is 4.45. The molecule has 1 aromatic carbocycles. The van der Waals surface area contributed by atoms with Crippen molar-refractivity contribution >= 4 is 33.5 Å². The van der Waals surface area contributed by atoms with Crippen LogP contribution >= 0.6 is 15.9 Å². The van der Waals surface area contributed by atoms with E-state index in [9.17, 15) is 14.7 Å². The van der Waals surface area contributed by atoms with E-state index in [1.54, 1.807) is 12.1 Å². The zero-order chi connectivity index (χ0) is 14.8. The maximum atomic E-state index is 12.5. The molecule has 0 bridgehead atoms. The first kappa shape index (κ1) is 15.0. The fourth-order valence-corrected chi connectivity index (χ4v) is 2.99. The van der Waals surface area contributed by atoms with Crippen molar-refractivity contribution in [2.75, 3.05) is 11.9 Å². The lowest BCUT2D eigenvalue weighted by atomic mass is 9.93. The Morgan fingerprint density at radius 3 is 2.80 bits per heavy atom. The van der Waals surface area contributed by atoms with Crippen LogP contribution in [0.4, 0.5) is 5.69 Å². The Bertz CT molecular complexity index is 539. The molecule has 1 fully saturated rings. The van der Waals surface area contributed by atoms with Crippen molar-refractivity contribution in [2.45, 2.75) is 31.7 Å². The van der Waals surface area contributed by atoms with Gasteiger partial charge in [-0.15, -0.1) is 0 Å². The molecule has 0 spiro atoms. The van der Waals surface area contributed by atoms with Crippen LogP contribution < -0.4 is 10.6 Å². The van der Waals surface area contributed by atoms with Gasteiger partial charge in [0.15, 0.2) is 0 Å². The van der Waals surface area contributed by atoms with E-state index in [0.717, 1.165) is 19.4 Å². The molecule has 0 radical (unpaired) electrons. The number of carbonyl (C=O) groups excluding carboxylic acids is 1. The maximum absolute atomic E-state index is 12.5. The molecule has 108 valence electrons. The van der Waals surface area contributed by atoms with Crippen molar-refractivity contribution < 1.29 is 14.7 Å². The van der Waals surface area contributed by atoms with Crippen LogP contribution in [0.2, 0.25) is 0 Å². The molecule has 1 aliphatic heterocycles. The van der Waals surface area contributed by atoms with Gasteiger partial charge in [-0.2, -0.15) is 0 Å². The van der Waals surface area contributed by atoms with Gasteiger partial charge in [0.2, 0.25) is 5.91 Å². The average Bonchev–Trinajstić information content (AvgIpc) is 2.90. The summed E-state index contributed by atoms with van der Waals surface area (Å²) in [6.45, 7) is 2.76. The van der Waals surface area contributed by atoms with Gasteiger partial charge in [-0.1, -0.05) is 13.0 Å². The third-order valence-corrected chi connectivity index (χ3v) is 4.43. The Morgan fingerprint density at radius 2 is 2.25 bits per heavy atom. The molecule has 0 aliphatic carbocycles. The van der Waals surface area contributed by atoms with Gasteiger partial charge in [0.05, 0.1) is 16.8 Å². The lowest BCUT2D eigenvalue weighted by Crippen LogP contribution is -2.50. The van der Waals surface area contributed by atoms with E-state index in [0.29, 0.717) is 16.6 Å². The van der Waals surface area contributed by atoms with Crippen LogP contribution in [-0.2, 0) is 4.79 Å². The molecule has 5 nitrogen and oxygen atoms in total. The second kappa shape index (κ2) is 5.93. The fraction of sp³-hybridized carbons (Fsp3) is 0.429. The highest BCUT2D eigenvalue weighted by molar-refractivity contribution is 9.10. The molecule has 1 unspecified atom stereocenters. The maximum Gasteiger partial charge on any atom is 0.337 e. The number of hydrogen-bond donors (Lipinski definition) is 3. The summed E-state index contributed by atoms with van der Waals surface area (Å²) < 4.78 is 0.565. The molecule has 1 aromatic rings. The van der Waals surface area contributed by atoms with Crippen LogP contribution in [0.5, 0.6) is 0 Å². The van der Waals surface area contributed by atoms with E-state index < -0.39 is 11.5 Å². The zero-order valence-corrected chi connectivity index (χ0v) is 12.8. The van der Waals surface area contributed by atoms with Crippen molar-refractivity contribution in [3.8, 4) is 0 Å². The molecule has 2 rings (SSSR count). The SMILES string of the molecule is CCC1(C(=O)Nc2c(Br)cccc2C(=O)O)CCCN1. The van der Waals surface area contributed by atoms with Crippen LogP contribution in [0.25, 0.3) is 0 Å². The minimum absolute atomic E-state index is 0.0805. The van der Waals surface area contributed by atoms with Gasteiger partial charge in [-0.05, 0) is 53.9 Å². The summed E-state index contributed by atoms with van der Waals surface area (Å²) in [5, 5.41) is 15.2. The van der Waals surface area contributed by atoms with Crippen molar-refractivity contribution in [3.63, 3.8) is 0 Å². The third-order valence-electron chi connectivity index (χ3n) is 3.76. The predicted molar refractivity (Wildman–Crippen MR) is 80.0 cm³/mol. The monoisotopic (exact) mass is 340 g/mol. The number of amides is 1. The van der Waals surface area contributed by atoms with Gasteiger partial charge in [-0.3, -0.25) is 4.79 Å². The molecule has 0 saturated carbocycles. The molecule has 0 aromatic heterocycles. The number of carboxylic acid groups (broad SMARTS) is 1. The van der Waals surface area contributed by atoms with Crippen molar-refractivity contribution in [1.29, 1.82) is 0 Å². The van der Waals surface area contributed by atoms with Crippen LogP contribution in [0.3, 0.4) is 0 Å². The Labute approximate surface area is 125 Å². The van der Waals surface area contributed by atoms with E-state index >= 15 is 0 Å². The minimum atomic E-state index is -1.06. The number of carboxylic acids is 1. The summed E-state index contributed by atoms with van der Waals surface area (Å²) in [5.74, 6) is -1.24. The number of hydrogen-bond acceptors (Lipinski definition) is 3. The second-order valence-corrected chi connectivity index (χ2v) is 5.74. The number of benzene rings is 1. The van der Waals surface area contributed by atoms with E-state index in [1.165, 1.54) is 6.07 Å². The average molecular weight is 341 g/mol. The Hall–Kier alpha value is -1.40. The number of aromatic carboxylic acids is 1. The molecule has 1 heterocycles. The molecular weight excluding hydrogens is 324 g/mol. The van der Waals surface area contributed by atoms with Crippen molar-refractivity contribution in [2.24, 2.45) is 0 Å².